The molecule has 1 aliphatic carbocycles. The van der Waals surface area contributed by atoms with Crippen LogP contribution in [0.2, 0.25) is 0 Å². The summed E-state index contributed by atoms with van der Waals surface area (Å²) in [4.78, 5) is 26.6. The molecule has 4 rings (SSSR count). The van der Waals surface area contributed by atoms with Gasteiger partial charge in [0.05, 0.1) is 16.9 Å². The molecule has 146 valence electrons. The smallest absolute Gasteiger partial charge is 0.259 e. The third kappa shape index (κ3) is 4.37. The van der Waals surface area contributed by atoms with E-state index in [1.54, 1.807) is 23.1 Å². The number of nitrogens with one attached hydrogen (secondary N) is 2. The maximum atomic E-state index is 12.4. The molecule has 0 radical (unpaired) electrons. The summed E-state index contributed by atoms with van der Waals surface area (Å²) in [6.45, 7) is 2.07. The van der Waals surface area contributed by atoms with Gasteiger partial charge in [0.1, 0.15) is 10.7 Å². The fourth-order valence-corrected chi connectivity index (χ4v) is 5.16. The van der Waals surface area contributed by atoms with Crippen molar-refractivity contribution in [2.45, 2.75) is 50.2 Å². The van der Waals surface area contributed by atoms with E-state index in [1.807, 2.05) is 7.05 Å². The van der Waals surface area contributed by atoms with Crippen molar-refractivity contribution in [1.29, 1.82) is 0 Å². The highest BCUT2D eigenvalue weighted by atomic mass is 35.5. The molecule has 0 aliphatic heterocycles. The van der Waals surface area contributed by atoms with Crippen LogP contribution in [0, 0.1) is 0 Å². The number of halogens is 1. The molecule has 27 heavy (non-hydrogen) atoms. The van der Waals surface area contributed by atoms with Crippen molar-refractivity contribution in [2.24, 2.45) is 0 Å². The van der Waals surface area contributed by atoms with Gasteiger partial charge in [0.25, 0.3) is 5.56 Å². The Kier molecular flexibility index (Phi) is 6.56. The second kappa shape index (κ2) is 8.72. The van der Waals surface area contributed by atoms with Crippen LogP contribution in [0.5, 0.6) is 0 Å². The lowest BCUT2D eigenvalue weighted by atomic mass is 10.2. The van der Waals surface area contributed by atoms with Crippen molar-refractivity contribution in [2.75, 3.05) is 7.05 Å². The zero-order valence-corrected chi connectivity index (χ0v) is 17.7. The number of hydrogen-bond acceptors (Lipinski definition) is 8. The highest BCUT2D eigenvalue weighted by molar-refractivity contribution is 7.97. The highest BCUT2D eigenvalue weighted by Gasteiger charge is 2.21. The second-order valence-corrected chi connectivity index (χ2v) is 8.61. The van der Waals surface area contributed by atoms with Crippen LogP contribution >= 0.6 is 35.5 Å². The molecule has 0 saturated carbocycles. The van der Waals surface area contributed by atoms with Gasteiger partial charge in [-0.05, 0) is 38.8 Å². The van der Waals surface area contributed by atoms with Gasteiger partial charge in [0.2, 0.25) is 5.89 Å². The molecule has 3 aromatic rings. The highest BCUT2D eigenvalue weighted by Crippen LogP contribution is 2.34. The van der Waals surface area contributed by atoms with Crippen molar-refractivity contribution in [3.63, 3.8) is 0 Å². The molecular weight excluding hydrogens is 406 g/mol. The number of fused-ring (bicyclic) bond motifs is 3. The summed E-state index contributed by atoms with van der Waals surface area (Å²) in [5.41, 5.74) is 1.21. The monoisotopic (exact) mass is 427 g/mol. The van der Waals surface area contributed by atoms with Gasteiger partial charge in [-0.1, -0.05) is 5.16 Å². The molecule has 0 amide bonds. The molecule has 0 bridgehead atoms. The number of rotatable bonds is 7. The molecule has 2 N–H and O–H groups in total. The average Bonchev–Trinajstić information content (AvgIpc) is 3.30. The zero-order valence-electron chi connectivity index (χ0n) is 15.2. The number of aromatic nitrogens is 4. The number of aryl methyl sites for hydroxylation is 2. The van der Waals surface area contributed by atoms with Crippen LogP contribution in [0.3, 0.4) is 0 Å². The summed E-state index contributed by atoms with van der Waals surface area (Å²) in [5, 5.41) is 7.96. The van der Waals surface area contributed by atoms with Crippen LogP contribution in [-0.4, -0.2) is 33.2 Å². The van der Waals surface area contributed by atoms with Gasteiger partial charge in [-0.25, -0.2) is 4.98 Å². The predicted molar refractivity (Wildman–Crippen MR) is 111 cm³/mol. The van der Waals surface area contributed by atoms with E-state index in [0.717, 1.165) is 35.9 Å². The van der Waals surface area contributed by atoms with Gasteiger partial charge in [-0.3, -0.25) is 4.79 Å². The van der Waals surface area contributed by atoms with Crippen LogP contribution in [0.4, 0.5) is 0 Å². The van der Waals surface area contributed by atoms with Crippen LogP contribution in [0.1, 0.15) is 41.3 Å². The zero-order chi connectivity index (χ0) is 18.1. The fraction of sp³-hybridized carbons (Fsp3) is 0.529. The van der Waals surface area contributed by atoms with Crippen LogP contribution < -0.4 is 10.9 Å². The Bertz CT molecular complexity index is 984. The van der Waals surface area contributed by atoms with Crippen molar-refractivity contribution in [3.8, 4) is 0 Å². The minimum atomic E-state index is -0.00821. The molecule has 0 fully saturated rings. The molecule has 0 saturated heterocycles. The average molecular weight is 428 g/mol. The maximum absolute atomic E-state index is 12.4. The van der Waals surface area contributed by atoms with Gasteiger partial charge in [-0.2, -0.15) is 4.98 Å². The molecular formula is C17H22ClN5O2S2. The summed E-state index contributed by atoms with van der Waals surface area (Å²) in [6, 6.07) is 0.307. The molecule has 3 aromatic heterocycles. The summed E-state index contributed by atoms with van der Waals surface area (Å²) >= 11 is 3.27. The summed E-state index contributed by atoms with van der Waals surface area (Å²) < 4.78 is 5.28. The number of thioether (sulfide) groups is 1. The molecule has 0 spiro atoms. The van der Waals surface area contributed by atoms with Crippen LogP contribution in [0.25, 0.3) is 10.2 Å². The van der Waals surface area contributed by atoms with Gasteiger partial charge >= 0.3 is 0 Å². The standard InChI is InChI=1S/C17H21N5O2S2.ClH/c1-9(18-2)6-12-19-14(24-22-12)8-25-7-13-20-16(23)15-10-4-3-5-11(10)26-17(15)21-13;/h9,18H,3-8H2,1-2H3,(H,20,21,23);1H. The first-order chi connectivity index (χ1) is 12.6. The lowest BCUT2D eigenvalue weighted by Gasteiger charge is -2.04. The summed E-state index contributed by atoms with van der Waals surface area (Å²) in [6.07, 6.45) is 3.96. The Balaban J connectivity index is 0.00000210. The molecule has 3 heterocycles. The Morgan fingerprint density at radius 3 is 3.00 bits per heavy atom. The van der Waals surface area contributed by atoms with E-state index < -0.39 is 0 Å². The summed E-state index contributed by atoms with van der Waals surface area (Å²) in [7, 11) is 1.91. The Morgan fingerprint density at radius 2 is 2.19 bits per heavy atom. The third-order valence-corrected chi connectivity index (χ3v) is 6.69. The third-order valence-electron chi connectivity index (χ3n) is 4.58. The van der Waals surface area contributed by atoms with Gasteiger partial charge in [0.15, 0.2) is 5.82 Å². The predicted octanol–water partition coefficient (Wildman–Crippen LogP) is 2.86. The lowest BCUT2D eigenvalue weighted by Crippen LogP contribution is -2.24. The number of H-pyrrole nitrogens is 1. The topological polar surface area (TPSA) is 96.7 Å². The van der Waals surface area contributed by atoms with E-state index >= 15 is 0 Å². The Hall–Kier alpha value is -1.42. The number of aromatic amines is 1. The first-order valence-electron chi connectivity index (χ1n) is 8.74. The molecule has 10 heteroatoms. The summed E-state index contributed by atoms with van der Waals surface area (Å²) in [5.74, 6) is 3.23. The van der Waals surface area contributed by atoms with Crippen molar-refractivity contribution in [3.05, 3.63) is 38.3 Å². The quantitative estimate of drug-likeness (QED) is 0.598. The van der Waals surface area contributed by atoms with Crippen molar-refractivity contribution in [1.82, 2.24) is 25.4 Å². The molecule has 1 atom stereocenters. The first kappa shape index (κ1) is 20.3. The Morgan fingerprint density at radius 1 is 1.33 bits per heavy atom. The molecule has 1 aliphatic rings. The van der Waals surface area contributed by atoms with Crippen molar-refractivity contribution < 1.29 is 4.52 Å². The number of likely N-dealkylation sites (N-methyl/N-ethyl adjacent to an activating group) is 1. The molecule has 0 aromatic carbocycles. The van der Waals surface area contributed by atoms with Gasteiger partial charge in [-0.15, -0.1) is 35.5 Å². The normalized spacial score (nSPS) is 14.3. The minimum absolute atomic E-state index is 0. The van der Waals surface area contributed by atoms with Gasteiger partial charge < -0.3 is 14.8 Å². The maximum Gasteiger partial charge on any atom is 0.259 e. The van der Waals surface area contributed by atoms with E-state index in [2.05, 4.69) is 32.3 Å². The van der Waals surface area contributed by atoms with E-state index in [-0.39, 0.29) is 18.0 Å². The van der Waals surface area contributed by atoms with Crippen LogP contribution in [0.15, 0.2) is 9.32 Å². The molecule has 7 nitrogen and oxygen atoms in total. The van der Waals surface area contributed by atoms with E-state index in [0.29, 0.717) is 35.1 Å². The Labute approximate surface area is 171 Å². The van der Waals surface area contributed by atoms with Gasteiger partial charge in [0, 0.05) is 17.3 Å². The van der Waals surface area contributed by atoms with Crippen LogP contribution in [-0.2, 0) is 30.8 Å². The number of nitrogens with zero attached hydrogens (tertiary/aromatic N) is 3. The first-order valence-corrected chi connectivity index (χ1v) is 10.7. The largest absolute Gasteiger partial charge is 0.338 e. The van der Waals surface area contributed by atoms with E-state index in [4.69, 9.17) is 4.52 Å². The fourth-order valence-electron chi connectivity index (χ4n) is 3.16. The number of thiophene rings is 1. The minimum Gasteiger partial charge on any atom is -0.338 e. The van der Waals surface area contributed by atoms with E-state index in [9.17, 15) is 4.79 Å². The number of hydrogen-bond donors (Lipinski definition) is 2. The molecule has 1 unspecified atom stereocenters. The van der Waals surface area contributed by atoms with E-state index in [1.165, 1.54) is 10.4 Å². The van der Waals surface area contributed by atoms with Crippen molar-refractivity contribution >= 4 is 45.7 Å². The second-order valence-electron chi connectivity index (χ2n) is 6.54. The SMILES string of the molecule is CNC(C)Cc1noc(CSCc2nc3sc4c(c3c(=O)[nH]2)CCC4)n1.Cl. The lowest BCUT2D eigenvalue weighted by molar-refractivity contribution is 0.382.